The van der Waals surface area contributed by atoms with Crippen molar-refractivity contribution in [1.29, 1.82) is 0 Å². The molecule has 0 radical (unpaired) electrons. The fraction of sp³-hybridized carbons (Fsp3) is 0. The largest absolute Gasteiger partial charge is 0.507 e. The minimum Gasteiger partial charge on any atom is -0.507 e. The van der Waals surface area contributed by atoms with Crippen LogP contribution in [0.25, 0.3) is 0 Å². The summed E-state index contributed by atoms with van der Waals surface area (Å²) in [7, 11) is 0. The SMILES string of the molecule is C=CC(=O)Oc1ccc(C(=O)c2cc(N=Nc3ccccc3)c(O)cc2O)c(O)c1. The van der Waals surface area contributed by atoms with E-state index in [1.165, 1.54) is 12.1 Å². The summed E-state index contributed by atoms with van der Waals surface area (Å²) in [6.45, 7) is 3.27. The Hall–Kier alpha value is -4.46. The average Bonchev–Trinajstić information content (AvgIpc) is 2.73. The number of azo groups is 1. The van der Waals surface area contributed by atoms with Crippen LogP contribution >= 0.6 is 0 Å². The summed E-state index contributed by atoms with van der Waals surface area (Å²) >= 11 is 0. The van der Waals surface area contributed by atoms with E-state index in [2.05, 4.69) is 16.8 Å². The normalized spacial score (nSPS) is 10.7. The predicted molar refractivity (Wildman–Crippen MR) is 108 cm³/mol. The lowest BCUT2D eigenvalue weighted by Crippen LogP contribution is -2.05. The van der Waals surface area contributed by atoms with Gasteiger partial charge in [0.2, 0.25) is 5.78 Å². The molecule has 0 saturated carbocycles. The first-order valence-corrected chi connectivity index (χ1v) is 8.63. The van der Waals surface area contributed by atoms with Gasteiger partial charge in [-0.15, -0.1) is 5.11 Å². The van der Waals surface area contributed by atoms with Crippen molar-refractivity contribution in [3.63, 3.8) is 0 Å². The van der Waals surface area contributed by atoms with Crippen LogP contribution in [0.1, 0.15) is 15.9 Å². The Bertz CT molecular complexity index is 1160. The van der Waals surface area contributed by atoms with Gasteiger partial charge in [0, 0.05) is 18.2 Å². The summed E-state index contributed by atoms with van der Waals surface area (Å²) < 4.78 is 4.88. The van der Waals surface area contributed by atoms with Gasteiger partial charge in [0.1, 0.15) is 28.7 Å². The van der Waals surface area contributed by atoms with E-state index in [1.54, 1.807) is 24.3 Å². The number of aromatic hydroxyl groups is 3. The molecule has 0 aliphatic rings. The van der Waals surface area contributed by atoms with Crippen LogP contribution in [0, 0.1) is 0 Å². The fourth-order valence-corrected chi connectivity index (χ4v) is 2.50. The molecule has 3 aromatic carbocycles. The van der Waals surface area contributed by atoms with Gasteiger partial charge < -0.3 is 20.1 Å². The Labute approximate surface area is 171 Å². The van der Waals surface area contributed by atoms with Gasteiger partial charge in [0.05, 0.1) is 16.8 Å². The zero-order valence-corrected chi connectivity index (χ0v) is 15.5. The first kappa shape index (κ1) is 20.3. The molecule has 3 N–H and O–H groups in total. The maximum absolute atomic E-state index is 12.8. The summed E-state index contributed by atoms with van der Waals surface area (Å²) in [6.07, 6.45) is 0.954. The Morgan fingerprint density at radius 2 is 1.53 bits per heavy atom. The highest BCUT2D eigenvalue weighted by Crippen LogP contribution is 2.37. The van der Waals surface area contributed by atoms with Crippen molar-refractivity contribution in [2.45, 2.75) is 0 Å². The van der Waals surface area contributed by atoms with Crippen molar-refractivity contribution in [3.05, 3.63) is 84.4 Å². The molecule has 8 nitrogen and oxygen atoms in total. The van der Waals surface area contributed by atoms with Crippen molar-refractivity contribution < 1.29 is 29.6 Å². The topological polar surface area (TPSA) is 129 Å². The Morgan fingerprint density at radius 3 is 2.20 bits per heavy atom. The summed E-state index contributed by atoms with van der Waals surface area (Å²) in [5, 5.41) is 38.2. The number of phenolic OH excluding ortho intramolecular Hbond substituents is 3. The molecule has 0 aromatic heterocycles. The van der Waals surface area contributed by atoms with E-state index in [0.29, 0.717) is 5.69 Å². The maximum Gasteiger partial charge on any atom is 0.335 e. The highest BCUT2D eigenvalue weighted by Gasteiger charge is 2.20. The molecule has 0 saturated heterocycles. The molecule has 0 atom stereocenters. The zero-order chi connectivity index (χ0) is 21.7. The number of hydrogen-bond donors (Lipinski definition) is 3. The standard InChI is InChI=1S/C22H16N2O6/c1-2-21(28)30-14-8-9-15(18(25)10-14)22(29)16-11-17(20(27)12-19(16)26)24-23-13-6-4-3-5-7-13/h2-12,25-27H,1H2. The second-order valence-electron chi connectivity index (χ2n) is 6.03. The van der Waals surface area contributed by atoms with Crippen LogP contribution in [0.2, 0.25) is 0 Å². The number of rotatable bonds is 6. The van der Waals surface area contributed by atoms with Crippen LogP contribution in [0.5, 0.6) is 23.0 Å². The third kappa shape index (κ3) is 4.50. The Morgan fingerprint density at radius 1 is 0.833 bits per heavy atom. The molecule has 0 heterocycles. The van der Waals surface area contributed by atoms with Gasteiger partial charge in [0.15, 0.2) is 0 Å². The Kier molecular flexibility index (Phi) is 5.88. The minimum absolute atomic E-state index is 0.0150. The summed E-state index contributed by atoms with van der Waals surface area (Å²) in [5.74, 6) is -2.78. The molecule has 0 unspecified atom stereocenters. The molecule has 0 aliphatic carbocycles. The molecule has 0 spiro atoms. The summed E-state index contributed by atoms with van der Waals surface area (Å²) in [5.41, 5.74) is 0.123. The number of esters is 1. The highest BCUT2D eigenvalue weighted by atomic mass is 16.5. The molecule has 30 heavy (non-hydrogen) atoms. The van der Waals surface area contributed by atoms with Gasteiger partial charge in [-0.2, -0.15) is 5.11 Å². The van der Waals surface area contributed by atoms with Crippen LogP contribution in [0.15, 0.2) is 83.5 Å². The van der Waals surface area contributed by atoms with E-state index in [1.807, 2.05) is 6.07 Å². The lowest BCUT2D eigenvalue weighted by atomic mass is 10.0. The van der Waals surface area contributed by atoms with Crippen molar-refractivity contribution >= 4 is 23.1 Å². The van der Waals surface area contributed by atoms with Gasteiger partial charge in [-0.25, -0.2) is 4.79 Å². The molecule has 0 bridgehead atoms. The van der Waals surface area contributed by atoms with Gasteiger partial charge in [-0.3, -0.25) is 4.79 Å². The number of carbonyl (C=O) groups excluding carboxylic acids is 2. The van der Waals surface area contributed by atoms with Crippen LogP contribution in [0.3, 0.4) is 0 Å². The first-order chi connectivity index (χ1) is 14.4. The van der Waals surface area contributed by atoms with Crippen LogP contribution in [-0.2, 0) is 4.79 Å². The highest BCUT2D eigenvalue weighted by molar-refractivity contribution is 6.13. The van der Waals surface area contributed by atoms with E-state index in [0.717, 1.165) is 24.3 Å². The molecular weight excluding hydrogens is 388 g/mol. The van der Waals surface area contributed by atoms with Gasteiger partial charge in [-0.1, -0.05) is 24.8 Å². The van der Waals surface area contributed by atoms with Gasteiger partial charge in [-0.05, 0) is 30.3 Å². The van der Waals surface area contributed by atoms with E-state index < -0.39 is 23.3 Å². The number of carbonyl (C=O) groups is 2. The molecule has 150 valence electrons. The van der Waals surface area contributed by atoms with E-state index >= 15 is 0 Å². The quantitative estimate of drug-likeness (QED) is 0.182. The monoisotopic (exact) mass is 404 g/mol. The molecule has 0 fully saturated rings. The predicted octanol–water partition coefficient (Wildman–Crippen LogP) is 4.54. The van der Waals surface area contributed by atoms with Crippen molar-refractivity contribution in [2.24, 2.45) is 10.2 Å². The zero-order valence-electron chi connectivity index (χ0n) is 15.5. The number of benzene rings is 3. The average molecular weight is 404 g/mol. The molecule has 0 aliphatic heterocycles. The number of nitrogens with zero attached hydrogens (tertiary/aromatic N) is 2. The molecule has 3 rings (SSSR count). The van der Waals surface area contributed by atoms with E-state index in [-0.39, 0.29) is 28.3 Å². The molecule has 3 aromatic rings. The second kappa shape index (κ2) is 8.70. The van der Waals surface area contributed by atoms with Crippen LogP contribution in [-0.4, -0.2) is 27.1 Å². The van der Waals surface area contributed by atoms with Crippen molar-refractivity contribution in [2.75, 3.05) is 0 Å². The van der Waals surface area contributed by atoms with Crippen LogP contribution < -0.4 is 4.74 Å². The lowest BCUT2D eigenvalue weighted by molar-refractivity contribution is -0.128. The number of ketones is 1. The third-order valence-corrected chi connectivity index (χ3v) is 3.97. The number of hydrogen-bond acceptors (Lipinski definition) is 8. The van der Waals surface area contributed by atoms with Gasteiger partial charge in [0.25, 0.3) is 0 Å². The van der Waals surface area contributed by atoms with Gasteiger partial charge >= 0.3 is 5.97 Å². The second-order valence-corrected chi connectivity index (χ2v) is 6.03. The summed E-state index contributed by atoms with van der Waals surface area (Å²) in [4.78, 5) is 24.1. The summed E-state index contributed by atoms with van der Waals surface area (Å²) in [6, 6.07) is 14.5. The number of ether oxygens (including phenoxy) is 1. The van der Waals surface area contributed by atoms with Crippen LogP contribution in [0.4, 0.5) is 11.4 Å². The van der Waals surface area contributed by atoms with E-state index in [9.17, 15) is 24.9 Å². The minimum atomic E-state index is -0.734. The smallest absolute Gasteiger partial charge is 0.335 e. The maximum atomic E-state index is 12.8. The number of phenols is 3. The molecular formula is C22H16N2O6. The molecule has 0 amide bonds. The van der Waals surface area contributed by atoms with Crippen molar-refractivity contribution in [1.82, 2.24) is 0 Å². The van der Waals surface area contributed by atoms with E-state index in [4.69, 9.17) is 4.74 Å². The third-order valence-electron chi connectivity index (χ3n) is 3.97. The first-order valence-electron chi connectivity index (χ1n) is 8.63. The lowest BCUT2D eigenvalue weighted by Gasteiger charge is -2.09. The molecule has 8 heteroatoms. The Balaban J connectivity index is 1.93. The fourth-order valence-electron chi connectivity index (χ4n) is 2.50. The van der Waals surface area contributed by atoms with Crippen molar-refractivity contribution in [3.8, 4) is 23.0 Å².